The van der Waals surface area contributed by atoms with Crippen LogP contribution in [0.25, 0.3) is 4.96 Å². The molecule has 1 aliphatic carbocycles. The number of thiazole rings is 1. The summed E-state index contributed by atoms with van der Waals surface area (Å²) in [5, 5.41) is 16.3. The van der Waals surface area contributed by atoms with Crippen molar-refractivity contribution in [1.82, 2.24) is 9.38 Å². The van der Waals surface area contributed by atoms with Crippen molar-refractivity contribution >= 4 is 27.9 Å². The number of imidazole rings is 1. The number of aromatic nitrogens is 2. The van der Waals surface area contributed by atoms with Crippen molar-refractivity contribution in [2.24, 2.45) is 11.8 Å². The smallest absolute Gasteiger partial charge is 0.360 e. The summed E-state index contributed by atoms with van der Waals surface area (Å²) in [7, 11) is 0. The number of nitrogens with one attached hydrogen (secondary N) is 1. The topological polar surface area (TPSA) is 72.5 Å². The predicted molar refractivity (Wildman–Crippen MR) is 74.7 cm³/mol. The highest BCUT2D eigenvalue weighted by molar-refractivity contribution is 7.15. The summed E-state index contributed by atoms with van der Waals surface area (Å²) in [6.07, 6.45) is 3.90. The Morgan fingerprint density at radius 2 is 2.32 bits per heavy atom. The van der Waals surface area contributed by atoms with Crippen LogP contribution >= 0.6 is 11.3 Å². The van der Waals surface area contributed by atoms with Crippen molar-refractivity contribution in [3.05, 3.63) is 21.7 Å². The van der Waals surface area contributed by atoms with Crippen LogP contribution in [0.15, 0.2) is 11.6 Å². The van der Waals surface area contributed by atoms with Gasteiger partial charge in [-0.15, -0.1) is 0 Å². The number of rotatable bonds is 3. The summed E-state index contributed by atoms with van der Waals surface area (Å²) < 4.78 is 1.54. The van der Waals surface area contributed by atoms with Crippen molar-refractivity contribution in [3.8, 4) is 0 Å². The van der Waals surface area contributed by atoms with Crippen LogP contribution in [0.5, 0.6) is 0 Å². The zero-order valence-electron chi connectivity index (χ0n) is 10.9. The molecule has 2 heterocycles. The third-order valence-corrected chi connectivity index (χ3v) is 4.95. The number of hydrogen-bond acceptors (Lipinski definition) is 5. The molecule has 2 aromatic rings. The van der Waals surface area contributed by atoms with Crippen molar-refractivity contribution in [1.29, 1.82) is 0 Å². The van der Waals surface area contributed by atoms with E-state index in [-0.39, 0.29) is 16.8 Å². The highest BCUT2D eigenvalue weighted by Gasteiger charge is 2.33. The van der Waals surface area contributed by atoms with E-state index in [0.29, 0.717) is 22.6 Å². The zero-order chi connectivity index (χ0) is 13.6. The molecule has 0 aromatic carbocycles. The summed E-state index contributed by atoms with van der Waals surface area (Å²) in [4.78, 5) is 15.9. The first-order valence-corrected chi connectivity index (χ1v) is 7.32. The SMILES string of the molecule is CC1CCC(Nc2nc3sccn3c2[N+](=O)[O-])C1C. The molecule has 0 saturated heterocycles. The highest BCUT2D eigenvalue weighted by Crippen LogP contribution is 2.36. The molecule has 0 radical (unpaired) electrons. The number of nitrogens with zero attached hydrogens (tertiary/aromatic N) is 3. The fraction of sp³-hybridized carbons (Fsp3) is 0.583. The molecule has 19 heavy (non-hydrogen) atoms. The molecule has 1 saturated carbocycles. The maximum absolute atomic E-state index is 11.2. The lowest BCUT2D eigenvalue weighted by molar-refractivity contribution is -0.389. The Kier molecular flexibility index (Phi) is 2.93. The quantitative estimate of drug-likeness (QED) is 0.692. The van der Waals surface area contributed by atoms with Gasteiger partial charge >= 0.3 is 5.82 Å². The summed E-state index contributed by atoms with van der Waals surface area (Å²) >= 11 is 1.41. The van der Waals surface area contributed by atoms with Gasteiger partial charge < -0.3 is 15.4 Å². The first-order valence-electron chi connectivity index (χ1n) is 6.44. The molecule has 1 aliphatic rings. The van der Waals surface area contributed by atoms with Crippen LogP contribution in [-0.2, 0) is 0 Å². The van der Waals surface area contributed by atoms with Gasteiger partial charge in [0, 0.05) is 11.4 Å². The zero-order valence-corrected chi connectivity index (χ0v) is 11.7. The fourth-order valence-corrected chi connectivity index (χ4v) is 3.50. The summed E-state index contributed by atoms with van der Waals surface area (Å²) in [6.45, 7) is 4.42. The Bertz CT molecular complexity index is 620. The third kappa shape index (κ3) is 1.98. The lowest BCUT2D eigenvalue weighted by atomic mass is 9.98. The van der Waals surface area contributed by atoms with Gasteiger partial charge in [-0.2, -0.15) is 9.38 Å². The summed E-state index contributed by atoms with van der Waals surface area (Å²) in [5.74, 6) is 1.62. The molecule has 1 fully saturated rings. The van der Waals surface area contributed by atoms with E-state index >= 15 is 0 Å². The minimum Gasteiger partial charge on any atom is -0.360 e. The molecule has 0 amide bonds. The van der Waals surface area contributed by atoms with Crippen LogP contribution in [-0.4, -0.2) is 20.3 Å². The van der Waals surface area contributed by atoms with Crippen LogP contribution in [0, 0.1) is 22.0 Å². The van der Waals surface area contributed by atoms with E-state index in [1.165, 1.54) is 15.7 Å². The van der Waals surface area contributed by atoms with E-state index < -0.39 is 0 Å². The monoisotopic (exact) mass is 280 g/mol. The minimum atomic E-state index is -0.363. The van der Waals surface area contributed by atoms with E-state index in [4.69, 9.17) is 0 Å². The maximum atomic E-state index is 11.2. The Morgan fingerprint density at radius 3 is 2.95 bits per heavy atom. The number of hydrogen-bond donors (Lipinski definition) is 1. The largest absolute Gasteiger partial charge is 0.372 e. The van der Waals surface area contributed by atoms with E-state index in [9.17, 15) is 10.1 Å². The Hall–Kier alpha value is -1.63. The van der Waals surface area contributed by atoms with E-state index in [1.807, 2.05) is 0 Å². The predicted octanol–water partition coefficient (Wildman–Crippen LogP) is 3.15. The molecule has 0 aliphatic heterocycles. The molecule has 0 spiro atoms. The van der Waals surface area contributed by atoms with Gasteiger partial charge in [-0.05, 0) is 29.6 Å². The van der Waals surface area contributed by atoms with Crippen LogP contribution in [0.2, 0.25) is 0 Å². The molecule has 3 rings (SSSR count). The second-order valence-corrected chi connectivity index (χ2v) is 6.13. The molecule has 102 valence electrons. The average molecular weight is 280 g/mol. The normalized spacial score (nSPS) is 26.9. The van der Waals surface area contributed by atoms with Gasteiger partial charge in [-0.25, -0.2) is 0 Å². The van der Waals surface area contributed by atoms with Gasteiger partial charge in [-0.3, -0.25) is 0 Å². The number of nitro groups is 1. The molecular formula is C12H16N4O2S. The Morgan fingerprint density at radius 1 is 1.53 bits per heavy atom. The van der Waals surface area contributed by atoms with Gasteiger partial charge in [-0.1, -0.05) is 25.2 Å². The molecule has 0 bridgehead atoms. The molecule has 1 N–H and O–H groups in total. The summed E-state index contributed by atoms with van der Waals surface area (Å²) in [5.41, 5.74) is 0. The van der Waals surface area contributed by atoms with Gasteiger partial charge in [0.05, 0.1) is 0 Å². The third-order valence-electron chi connectivity index (χ3n) is 4.20. The molecule has 7 heteroatoms. The van der Waals surface area contributed by atoms with Crippen molar-refractivity contribution in [2.45, 2.75) is 32.7 Å². The van der Waals surface area contributed by atoms with Crippen molar-refractivity contribution in [2.75, 3.05) is 5.32 Å². The molecule has 3 atom stereocenters. The van der Waals surface area contributed by atoms with Gasteiger partial charge in [0.2, 0.25) is 5.82 Å². The Labute approximate surface area is 114 Å². The van der Waals surface area contributed by atoms with E-state index in [2.05, 4.69) is 24.1 Å². The van der Waals surface area contributed by atoms with E-state index in [1.54, 1.807) is 11.6 Å². The lowest BCUT2D eigenvalue weighted by Crippen LogP contribution is -2.24. The van der Waals surface area contributed by atoms with Crippen molar-refractivity contribution in [3.63, 3.8) is 0 Å². The first kappa shape index (κ1) is 12.4. The second kappa shape index (κ2) is 4.48. The first-order chi connectivity index (χ1) is 9.08. The standard InChI is InChI=1S/C12H16N4O2S/c1-7-3-4-9(8(7)2)13-10-11(16(17)18)15-5-6-19-12(15)14-10/h5-9,13H,3-4H2,1-2H3. The molecule has 2 aromatic heterocycles. The average Bonchev–Trinajstić information content (AvgIpc) is 2.99. The number of anilines is 1. The lowest BCUT2D eigenvalue weighted by Gasteiger charge is -2.18. The molecule has 3 unspecified atom stereocenters. The Balaban J connectivity index is 1.94. The second-order valence-electron chi connectivity index (χ2n) is 5.26. The van der Waals surface area contributed by atoms with Crippen LogP contribution in [0.1, 0.15) is 26.7 Å². The van der Waals surface area contributed by atoms with Crippen LogP contribution < -0.4 is 5.32 Å². The number of fused-ring (bicyclic) bond motifs is 1. The summed E-state index contributed by atoms with van der Waals surface area (Å²) in [6, 6.07) is 0.276. The highest BCUT2D eigenvalue weighted by atomic mass is 32.1. The maximum Gasteiger partial charge on any atom is 0.372 e. The van der Waals surface area contributed by atoms with Gasteiger partial charge in [0.1, 0.15) is 6.20 Å². The molecule has 6 nitrogen and oxygen atoms in total. The molecular weight excluding hydrogens is 264 g/mol. The van der Waals surface area contributed by atoms with Gasteiger partial charge in [0.15, 0.2) is 0 Å². The van der Waals surface area contributed by atoms with Gasteiger partial charge in [0.25, 0.3) is 4.96 Å². The van der Waals surface area contributed by atoms with E-state index in [0.717, 1.165) is 12.8 Å². The minimum absolute atomic E-state index is 0.0444. The van der Waals surface area contributed by atoms with Crippen molar-refractivity contribution < 1.29 is 4.92 Å². The van der Waals surface area contributed by atoms with Crippen LogP contribution in [0.4, 0.5) is 11.6 Å². The van der Waals surface area contributed by atoms with Crippen LogP contribution in [0.3, 0.4) is 0 Å². The fourth-order valence-electron chi connectivity index (χ4n) is 2.79.